The van der Waals surface area contributed by atoms with Crippen LogP contribution in [-0.4, -0.2) is 18.2 Å². The highest BCUT2D eigenvalue weighted by molar-refractivity contribution is 5.17. The van der Waals surface area contributed by atoms with E-state index < -0.39 is 0 Å². The maximum atomic E-state index is 10.0. The normalized spacial score (nSPS) is 20.4. The summed E-state index contributed by atoms with van der Waals surface area (Å²) in [5.74, 6) is 0. The van der Waals surface area contributed by atoms with Crippen LogP contribution in [0.5, 0.6) is 0 Å². The molecule has 2 heteroatoms. The summed E-state index contributed by atoms with van der Waals surface area (Å²) in [5, 5.41) is 13.4. The smallest absolute Gasteiger partial charge is 0.0914 e. The minimum Gasteiger partial charge on any atom is -0.387 e. The van der Waals surface area contributed by atoms with Crippen LogP contribution in [-0.2, 0) is 0 Å². The monoisotopic (exact) mass is 233 g/mol. The lowest BCUT2D eigenvalue weighted by molar-refractivity contribution is 0.167. The molecule has 0 heterocycles. The third-order valence-electron chi connectivity index (χ3n) is 3.88. The molecule has 1 saturated carbocycles. The summed E-state index contributed by atoms with van der Waals surface area (Å²) in [6, 6.07) is 9.87. The molecule has 2 N–H and O–H groups in total. The lowest BCUT2D eigenvalue weighted by Crippen LogP contribution is -2.32. The zero-order valence-electron chi connectivity index (χ0n) is 10.7. The second kappa shape index (κ2) is 5.65. The van der Waals surface area contributed by atoms with E-state index in [1.807, 2.05) is 30.3 Å². The Morgan fingerprint density at radius 1 is 1.24 bits per heavy atom. The molecule has 0 radical (unpaired) electrons. The molecule has 1 fully saturated rings. The largest absolute Gasteiger partial charge is 0.387 e. The second-order valence-electron chi connectivity index (χ2n) is 5.58. The van der Waals surface area contributed by atoms with Gasteiger partial charge in [-0.3, -0.25) is 0 Å². The molecule has 0 aliphatic heterocycles. The summed E-state index contributed by atoms with van der Waals surface area (Å²) in [6.07, 6.45) is 4.98. The Hall–Kier alpha value is -0.860. The minimum atomic E-state index is -0.388. The van der Waals surface area contributed by atoms with Gasteiger partial charge in [0.25, 0.3) is 0 Å². The van der Waals surface area contributed by atoms with Gasteiger partial charge in [-0.05, 0) is 23.8 Å². The number of aliphatic hydroxyl groups is 1. The van der Waals surface area contributed by atoms with Gasteiger partial charge in [-0.1, -0.05) is 50.1 Å². The number of benzene rings is 1. The quantitative estimate of drug-likeness (QED) is 0.819. The molecule has 0 saturated heterocycles. The predicted octanol–water partition coefficient (Wildman–Crippen LogP) is 2.89. The van der Waals surface area contributed by atoms with Crippen LogP contribution < -0.4 is 5.32 Å². The van der Waals surface area contributed by atoms with Crippen LogP contribution >= 0.6 is 0 Å². The topological polar surface area (TPSA) is 32.3 Å². The number of rotatable bonds is 5. The first-order chi connectivity index (χ1) is 8.20. The molecule has 0 bridgehead atoms. The van der Waals surface area contributed by atoms with E-state index in [2.05, 4.69) is 12.2 Å². The molecular formula is C15H23NO. The first kappa shape index (κ1) is 12.6. The Morgan fingerprint density at radius 2 is 1.88 bits per heavy atom. The van der Waals surface area contributed by atoms with Crippen molar-refractivity contribution >= 4 is 0 Å². The SMILES string of the molecule is CC1(CNCC(O)c2ccccc2)CCCC1. The van der Waals surface area contributed by atoms with Crippen molar-refractivity contribution in [3.05, 3.63) is 35.9 Å². The molecule has 1 aromatic rings. The summed E-state index contributed by atoms with van der Waals surface area (Å²) in [4.78, 5) is 0. The van der Waals surface area contributed by atoms with E-state index >= 15 is 0 Å². The third-order valence-corrected chi connectivity index (χ3v) is 3.88. The van der Waals surface area contributed by atoms with Gasteiger partial charge in [0.1, 0.15) is 0 Å². The van der Waals surface area contributed by atoms with E-state index in [-0.39, 0.29) is 6.10 Å². The Labute approximate surface area is 104 Å². The van der Waals surface area contributed by atoms with Gasteiger partial charge in [0.2, 0.25) is 0 Å². The molecule has 94 valence electrons. The molecule has 1 aliphatic rings. The zero-order valence-corrected chi connectivity index (χ0v) is 10.7. The molecule has 1 aliphatic carbocycles. The van der Waals surface area contributed by atoms with E-state index in [4.69, 9.17) is 0 Å². The Kier molecular flexibility index (Phi) is 4.19. The highest BCUT2D eigenvalue weighted by atomic mass is 16.3. The van der Waals surface area contributed by atoms with Crippen molar-refractivity contribution in [2.75, 3.05) is 13.1 Å². The lowest BCUT2D eigenvalue weighted by Gasteiger charge is -2.24. The van der Waals surface area contributed by atoms with Crippen molar-refractivity contribution in [1.82, 2.24) is 5.32 Å². The van der Waals surface area contributed by atoms with Crippen molar-refractivity contribution in [3.8, 4) is 0 Å². The molecule has 1 aromatic carbocycles. The first-order valence-corrected chi connectivity index (χ1v) is 6.63. The molecule has 0 aromatic heterocycles. The van der Waals surface area contributed by atoms with Crippen LogP contribution in [0.15, 0.2) is 30.3 Å². The van der Waals surface area contributed by atoms with Gasteiger partial charge in [-0.15, -0.1) is 0 Å². The van der Waals surface area contributed by atoms with E-state index in [0.717, 1.165) is 12.1 Å². The number of aliphatic hydroxyl groups excluding tert-OH is 1. The fourth-order valence-electron chi connectivity index (χ4n) is 2.71. The second-order valence-corrected chi connectivity index (χ2v) is 5.58. The van der Waals surface area contributed by atoms with Crippen molar-refractivity contribution in [1.29, 1.82) is 0 Å². The first-order valence-electron chi connectivity index (χ1n) is 6.63. The maximum absolute atomic E-state index is 10.0. The van der Waals surface area contributed by atoms with E-state index in [1.165, 1.54) is 25.7 Å². The van der Waals surface area contributed by atoms with Gasteiger partial charge in [0, 0.05) is 13.1 Å². The highest BCUT2D eigenvalue weighted by Crippen LogP contribution is 2.36. The van der Waals surface area contributed by atoms with Crippen molar-refractivity contribution < 1.29 is 5.11 Å². The fraction of sp³-hybridized carbons (Fsp3) is 0.600. The number of nitrogens with one attached hydrogen (secondary N) is 1. The molecule has 0 spiro atoms. The lowest BCUT2D eigenvalue weighted by atomic mass is 9.89. The Bertz CT molecular complexity index is 330. The zero-order chi connectivity index (χ0) is 12.1. The van der Waals surface area contributed by atoms with Crippen LogP contribution in [0.25, 0.3) is 0 Å². The Balaban J connectivity index is 1.75. The van der Waals surface area contributed by atoms with E-state index in [0.29, 0.717) is 12.0 Å². The summed E-state index contributed by atoms with van der Waals surface area (Å²) in [6.45, 7) is 4.03. The van der Waals surface area contributed by atoms with Crippen molar-refractivity contribution in [3.63, 3.8) is 0 Å². The summed E-state index contributed by atoms with van der Waals surface area (Å²) in [5.41, 5.74) is 1.45. The molecule has 2 rings (SSSR count). The predicted molar refractivity (Wildman–Crippen MR) is 70.8 cm³/mol. The summed E-state index contributed by atoms with van der Waals surface area (Å²) in [7, 11) is 0. The maximum Gasteiger partial charge on any atom is 0.0914 e. The van der Waals surface area contributed by atoms with Gasteiger partial charge < -0.3 is 10.4 Å². The van der Waals surface area contributed by atoms with Crippen LogP contribution in [0.4, 0.5) is 0 Å². The van der Waals surface area contributed by atoms with Gasteiger partial charge >= 0.3 is 0 Å². The average Bonchev–Trinajstić information content (AvgIpc) is 2.77. The molecule has 1 unspecified atom stereocenters. The minimum absolute atomic E-state index is 0.388. The molecular weight excluding hydrogens is 210 g/mol. The molecule has 1 atom stereocenters. The summed E-state index contributed by atoms with van der Waals surface area (Å²) < 4.78 is 0. The third kappa shape index (κ3) is 3.55. The standard InChI is InChI=1S/C15H23NO/c1-15(9-5-6-10-15)12-16-11-14(17)13-7-3-2-4-8-13/h2-4,7-8,14,16-17H,5-6,9-12H2,1H3. The van der Waals surface area contributed by atoms with Crippen LogP contribution in [0.1, 0.15) is 44.3 Å². The van der Waals surface area contributed by atoms with Crippen molar-refractivity contribution in [2.24, 2.45) is 5.41 Å². The number of hydrogen-bond acceptors (Lipinski definition) is 2. The Morgan fingerprint density at radius 3 is 2.53 bits per heavy atom. The van der Waals surface area contributed by atoms with E-state index in [9.17, 15) is 5.11 Å². The number of hydrogen-bond donors (Lipinski definition) is 2. The average molecular weight is 233 g/mol. The van der Waals surface area contributed by atoms with Crippen LogP contribution in [0.2, 0.25) is 0 Å². The highest BCUT2D eigenvalue weighted by Gasteiger charge is 2.28. The van der Waals surface area contributed by atoms with Crippen LogP contribution in [0, 0.1) is 5.41 Å². The van der Waals surface area contributed by atoms with E-state index in [1.54, 1.807) is 0 Å². The van der Waals surface area contributed by atoms with Gasteiger partial charge in [0.05, 0.1) is 6.10 Å². The van der Waals surface area contributed by atoms with Crippen molar-refractivity contribution in [2.45, 2.75) is 38.7 Å². The van der Waals surface area contributed by atoms with Gasteiger partial charge in [-0.25, -0.2) is 0 Å². The molecule has 17 heavy (non-hydrogen) atoms. The molecule has 2 nitrogen and oxygen atoms in total. The van der Waals surface area contributed by atoms with Gasteiger partial charge in [-0.2, -0.15) is 0 Å². The fourth-order valence-corrected chi connectivity index (χ4v) is 2.71. The van der Waals surface area contributed by atoms with Gasteiger partial charge in [0.15, 0.2) is 0 Å². The van der Waals surface area contributed by atoms with Crippen LogP contribution in [0.3, 0.4) is 0 Å². The molecule has 0 amide bonds. The summed E-state index contributed by atoms with van der Waals surface area (Å²) >= 11 is 0.